The van der Waals surface area contributed by atoms with Gasteiger partial charge in [-0.2, -0.15) is 0 Å². The lowest BCUT2D eigenvalue weighted by molar-refractivity contribution is -0.156. The van der Waals surface area contributed by atoms with E-state index < -0.39 is 0 Å². The van der Waals surface area contributed by atoms with Gasteiger partial charge in [-0.1, -0.05) is 18.6 Å². The fraction of sp³-hybridized carbons (Fsp3) is 0.769. The number of hydrogen-bond acceptors (Lipinski definition) is 3. The first-order chi connectivity index (χ1) is 7.83. The lowest BCUT2D eigenvalue weighted by atomic mass is 9.93. The summed E-state index contributed by atoms with van der Waals surface area (Å²) in [7, 11) is 0. The van der Waals surface area contributed by atoms with Crippen LogP contribution >= 0.6 is 0 Å². The monoisotopic (exact) mass is 222 g/mol. The topological polar surface area (TPSA) is 35.5 Å². The Balaban J connectivity index is 1.55. The molecule has 3 heteroatoms. The number of fused-ring (bicyclic) bond motifs is 2. The molecular weight excluding hydrogens is 204 g/mol. The highest BCUT2D eigenvalue weighted by Crippen LogP contribution is 2.35. The summed E-state index contributed by atoms with van der Waals surface area (Å²) in [4.78, 5) is 12.0. The van der Waals surface area contributed by atoms with Crippen LogP contribution in [0.2, 0.25) is 0 Å². The van der Waals surface area contributed by atoms with Gasteiger partial charge >= 0.3 is 5.97 Å². The lowest BCUT2D eigenvalue weighted by Gasteiger charge is -2.24. The molecule has 3 aliphatic rings. The Morgan fingerprint density at radius 2 is 2.00 bits per heavy atom. The van der Waals surface area contributed by atoms with Crippen LogP contribution < -0.4 is 0 Å². The minimum absolute atomic E-state index is 0.0129. The van der Waals surface area contributed by atoms with Crippen molar-refractivity contribution >= 4 is 5.97 Å². The molecule has 2 heterocycles. The number of carbonyl (C=O) groups excluding carboxylic acids is 1. The van der Waals surface area contributed by atoms with Crippen molar-refractivity contribution in [3.8, 4) is 0 Å². The zero-order chi connectivity index (χ0) is 11.0. The van der Waals surface area contributed by atoms with E-state index >= 15 is 0 Å². The van der Waals surface area contributed by atoms with Crippen molar-refractivity contribution in [3.05, 3.63) is 12.2 Å². The number of rotatable bonds is 2. The molecule has 0 radical (unpaired) electrons. The van der Waals surface area contributed by atoms with Gasteiger partial charge in [0.1, 0.15) is 6.10 Å². The van der Waals surface area contributed by atoms with Crippen LogP contribution in [0.15, 0.2) is 12.2 Å². The normalized spacial score (nSPS) is 37.9. The van der Waals surface area contributed by atoms with Crippen molar-refractivity contribution in [2.45, 2.75) is 56.8 Å². The van der Waals surface area contributed by atoms with E-state index in [2.05, 4.69) is 6.08 Å². The first kappa shape index (κ1) is 10.3. The third kappa shape index (κ3) is 1.88. The first-order valence-corrected chi connectivity index (χ1v) is 6.37. The molecule has 0 aromatic rings. The van der Waals surface area contributed by atoms with Gasteiger partial charge in [-0.05, 0) is 32.1 Å². The van der Waals surface area contributed by atoms with Crippen molar-refractivity contribution in [1.82, 2.24) is 0 Å². The molecule has 3 unspecified atom stereocenters. The Labute approximate surface area is 95.8 Å². The van der Waals surface area contributed by atoms with Crippen LogP contribution in [0.1, 0.15) is 38.5 Å². The molecule has 3 atom stereocenters. The van der Waals surface area contributed by atoms with Gasteiger partial charge in [0.15, 0.2) is 0 Å². The Hall–Kier alpha value is -0.830. The quantitative estimate of drug-likeness (QED) is 0.531. The second kappa shape index (κ2) is 4.21. The van der Waals surface area contributed by atoms with Crippen molar-refractivity contribution in [1.29, 1.82) is 0 Å². The Morgan fingerprint density at radius 1 is 1.19 bits per heavy atom. The standard InChI is InChI=1S/C13H18O3/c14-13(16-9-4-2-1-3-5-9)11-8-10-6-7-12(11)15-10/h6-7,9-12H,1-5,8H2. The van der Waals surface area contributed by atoms with E-state index in [9.17, 15) is 4.79 Å². The summed E-state index contributed by atoms with van der Waals surface area (Å²) in [5.74, 6) is -0.0827. The number of hydrogen-bond donors (Lipinski definition) is 0. The van der Waals surface area contributed by atoms with Crippen molar-refractivity contribution < 1.29 is 14.3 Å². The third-order valence-electron chi connectivity index (χ3n) is 3.87. The maximum Gasteiger partial charge on any atom is 0.312 e. The molecule has 3 rings (SSSR count). The summed E-state index contributed by atoms with van der Waals surface area (Å²) in [5.41, 5.74) is 0. The zero-order valence-corrected chi connectivity index (χ0v) is 9.43. The van der Waals surface area contributed by atoms with E-state index in [-0.39, 0.29) is 30.2 Å². The third-order valence-corrected chi connectivity index (χ3v) is 3.87. The van der Waals surface area contributed by atoms with Crippen LogP contribution in [0, 0.1) is 5.92 Å². The lowest BCUT2D eigenvalue weighted by Crippen LogP contribution is -2.30. The predicted molar refractivity (Wildman–Crippen MR) is 58.9 cm³/mol. The van der Waals surface area contributed by atoms with Gasteiger partial charge in [0.2, 0.25) is 0 Å². The minimum atomic E-state index is -0.0445. The average molecular weight is 222 g/mol. The van der Waals surface area contributed by atoms with E-state index in [1.807, 2.05) is 6.08 Å². The van der Waals surface area contributed by atoms with Crippen LogP contribution in [-0.4, -0.2) is 24.3 Å². The predicted octanol–water partition coefficient (Wildman–Crippen LogP) is 2.21. The summed E-state index contributed by atoms with van der Waals surface area (Å²) in [6.07, 6.45) is 11.0. The summed E-state index contributed by atoms with van der Waals surface area (Å²) in [5, 5.41) is 0. The van der Waals surface area contributed by atoms with Crippen molar-refractivity contribution in [2.24, 2.45) is 5.92 Å². The Kier molecular flexibility index (Phi) is 2.72. The second-order valence-corrected chi connectivity index (χ2v) is 5.06. The molecule has 0 aromatic carbocycles. The number of ether oxygens (including phenoxy) is 2. The van der Waals surface area contributed by atoms with Gasteiger partial charge in [-0.3, -0.25) is 4.79 Å². The van der Waals surface area contributed by atoms with Crippen LogP contribution in [0.3, 0.4) is 0 Å². The molecule has 0 spiro atoms. The molecule has 3 nitrogen and oxygen atoms in total. The summed E-state index contributed by atoms with van der Waals surface area (Å²) < 4.78 is 11.2. The van der Waals surface area contributed by atoms with E-state index in [1.54, 1.807) is 0 Å². The molecule has 1 saturated heterocycles. The van der Waals surface area contributed by atoms with E-state index in [0.29, 0.717) is 0 Å². The van der Waals surface area contributed by atoms with Gasteiger partial charge < -0.3 is 9.47 Å². The highest BCUT2D eigenvalue weighted by molar-refractivity contribution is 5.74. The zero-order valence-electron chi connectivity index (χ0n) is 9.43. The molecule has 88 valence electrons. The van der Waals surface area contributed by atoms with Gasteiger partial charge in [-0.25, -0.2) is 0 Å². The SMILES string of the molecule is O=C(OC1CCCCC1)C1CC2C=CC1O2. The van der Waals surface area contributed by atoms with Crippen LogP contribution in [-0.2, 0) is 14.3 Å². The smallest absolute Gasteiger partial charge is 0.312 e. The summed E-state index contributed by atoms with van der Waals surface area (Å²) >= 11 is 0. The van der Waals surface area contributed by atoms with Crippen molar-refractivity contribution in [2.75, 3.05) is 0 Å². The molecular formula is C13H18O3. The van der Waals surface area contributed by atoms with E-state index in [1.165, 1.54) is 19.3 Å². The average Bonchev–Trinajstić information content (AvgIpc) is 2.92. The largest absolute Gasteiger partial charge is 0.462 e. The molecule has 2 bridgehead atoms. The molecule has 0 amide bonds. The minimum Gasteiger partial charge on any atom is -0.462 e. The molecule has 1 saturated carbocycles. The fourth-order valence-electron chi connectivity index (χ4n) is 2.94. The molecule has 0 aromatic heterocycles. The van der Waals surface area contributed by atoms with Crippen molar-refractivity contribution in [3.63, 3.8) is 0 Å². The number of esters is 1. The molecule has 1 aliphatic carbocycles. The highest BCUT2D eigenvalue weighted by Gasteiger charge is 2.42. The van der Waals surface area contributed by atoms with E-state index in [0.717, 1.165) is 19.3 Å². The number of carbonyl (C=O) groups is 1. The fourth-order valence-corrected chi connectivity index (χ4v) is 2.94. The second-order valence-electron chi connectivity index (χ2n) is 5.06. The van der Waals surface area contributed by atoms with Gasteiger partial charge in [0, 0.05) is 0 Å². The highest BCUT2D eigenvalue weighted by atomic mass is 16.6. The first-order valence-electron chi connectivity index (χ1n) is 6.37. The Morgan fingerprint density at radius 3 is 2.62 bits per heavy atom. The Bertz CT molecular complexity index is 304. The summed E-state index contributed by atoms with van der Waals surface area (Å²) in [6.45, 7) is 0. The van der Waals surface area contributed by atoms with Gasteiger partial charge in [0.25, 0.3) is 0 Å². The maximum atomic E-state index is 12.0. The maximum absolute atomic E-state index is 12.0. The van der Waals surface area contributed by atoms with Gasteiger partial charge in [-0.15, -0.1) is 0 Å². The van der Waals surface area contributed by atoms with Crippen LogP contribution in [0.25, 0.3) is 0 Å². The van der Waals surface area contributed by atoms with Crippen LogP contribution in [0.5, 0.6) is 0 Å². The van der Waals surface area contributed by atoms with E-state index in [4.69, 9.17) is 9.47 Å². The molecule has 16 heavy (non-hydrogen) atoms. The van der Waals surface area contributed by atoms with Gasteiger partial charge in [0.05, 0.1) is 18.1 Å². The molecule has 2 aliphatic heterocycles. The van der Waals surface area contributed by atoms with Crippen LogP contribution in [0.4, 0.5) is 0 Å². The molecule has 2 fully saturated rings. The summed E-state index contributed by atoms with van der Waals surface area (Å²) in [6, 6.07) is 0. The molecule has 0 N–H and O–H groups in total.